The summed E-state index contributed by atoms with van der Waals surface area (Å²) in [6.07, 6.45) is 1.71. The third-order valence-corrected chi connectivity index (χ3v) is 3.59. The zero-order valence-electron chi connectivity index (χ0n) is 11.7. The zero-order chi connectivity index (χ0) is 15.0. The monoisotopic (exact) mass is 304 g/mol. The fraction of sp³-hybridized carbons (Fsp3) is 0.200. The molecule has 0 unspecified atom stereocenters. The molecule has 0 aliphatic carbocycles. The van der Waals surface area contributed by atoms with E-state index in [1.807, 2.05) is 20.0 Å². The van der Waals surface area contributed by atoms with Crippen LogP contribution in [-0.2, 0) is 13.6 Å². The van der Waals surface area contributed by atoms with Crippen LogP contribution < -0.4 is 5.32 Å². The van der Waals surface area contributed by atoms with Gasteiger partial charge in [0.1, 0.15) is 5.82 Å². The third-order valence-electron chi connectivity index (χ3n) is 3.35. The maximum absolute atomic E-state index is 13.7. The summed E-state index contributed by atoms with van der Waals surface area (Å²) in [5.41, 5.74) is 3.08. The largest absolute Gasteiger partial charge is 0.380 e. The number of aromatic nitrogens is 3. The minimum absolute atomic E-state index is 0.279. The Hall–Kier alpha value is -2.14. The van der Waals surface area contributed by atoms with E-state index in [2.05, 4.69) is 15.4 Å². The highest BCUT2D eigenvalue weighted by Crippen LogP contribution is 2.21. The van der Waals surface area contributed by atoms with E-state index in [0.29, 0.717) is 17.1 Å². The Morgan fingerprint density at radius 1 is 1.33 bits per heavy atom. The standard InChI is InChI=1S/C15H14ClFN4/c1-9-13-6-12(8-19-15(13)21(2)20-9)18-7-10-5-11(16)3-4-14(10)17/h3-6,8,18H,7H2,1-2H3. The normalized spacial score (nSPS) is 11.0. The van der Waals surface area contributed by atoms with Crippen molar-refractivity contribution in [1.29, 1.82) is 0 Å². The summed E-state index contributed by atoms with van der Waals surface area (Å²) >= 11 is 5.88. The van der Waals surface area contributed by atoms with Gasteiger partial charge in [0.15, 0.2) is 5.65 Å². The second-order valence-electron chi connectivity index (χ2n) is 4.89. The van der Waals surface area contributed by atoms with Crippen molar-refractivity contribution in [3.05, 3.63) is 52.6 Å². The Kier molecular flexibility index (Phi) is 3.51. The Bertz CT molecular complexity index is 813. The van der Waals surface area contributed by atoms with E-state index in [4.69, 9.17) is 11.6 Å². The van der Waals surface area contributed by atoms with Crippen molar-refractivity contribution < 1.29 is 4.39 Å². The highest BCUT2D eigenvalue weighted by Gasteiger charge is 2.08. The first-order valence-electron chi connectivity index (χ1n) is 6.52. The molecule has 3 aromatic rings. The first-order valence-corrected chi connectivity index (χ1v) is 6.89. The average molecular weight is 305 g/mol. The van der Waals surface area contributed by atoms with E-state index in [1.165, 1.54) is 12.1 Å². The number of fused-ring (bicyclic) bond motifs is 1. The molecule has 0 radical (unpaired) electrons. The number of aryl methyl sites for hydroxylation is 2. The van der Waals surface area contributed by atoms with Crippen molar-refractivity contribution in [2.24, 2.45) is 7.05 Å². The van der Waals surface area contributed by atoms with Gasteiger partial charge in [-0.2, -0.15) is 5.10 Å². The molecular weight excluding hydrogens is 291 g/mol. The molecule has 21 heavy (non-hydrogen) atoms. The molecule has 1 aromatic carbocycles. The van der Waals surface area contributed by atoms with Crippen molar-refractivity contribution in [1.82, 2.24) is 14.8 Å². The van der Waals surface area contributed by atoms with Gasteiger partial charge in [0.25, 0.3) is 0 Å². The van der Waals surface area contributed by atoms with Crippen molar-refractivity contribution >= 4 is 28.3 Å². The number of benzene rings is 1. The molecule has 6 heteroatoms. The number of halogens is 2. The van der Waals surface area contributed by atoms with Gasteiger partial charge in [-0.25, -0.2) is 9.37 Å². The fourth-order valence-corrected chi connectivity index (χ4v) is 2.48. The summed E-state index contributed by atoms with van der Waals surface area (Å²) in [5, 5.41) is 8.98. The van der Waals surface area contributed by atoms with E-state index >= 15 is 0 Å². The predicted octanol–water partition coefficient (Wildman–Crippen LogP) is 3.68. The van der Waals surface area contributed by atoms with E-state index < -0.39 is 0 Å². The van der Waals surface area contributed by atoms with Crippen LogP contribution >= 0.6 is 11.6 Å². The summed E-state index contributed by atoms with van der Waals surface area (Å²) < 4.78 is 15.4. The minimum atomic E-state index is -0.279. The Balaban J connectivity index is 1.85. The summed E-state index contributed by atoms with van der Waals surface area (Å²) in [7, 11) is 1.86. The molecule has 4 nitrogen and oxygen atoms in total. The number of nitrogens with one attached hydrogen (secondary N) is 1. The molecule has 0 aliphatic rings. The van der Waals surface area contributed by atoms with Gasteiger partial charge in [-0.15, -0.1) is 0 Å². The van der Waals surface area contributed by atoms with Crippen LogP contribution in [0.1, 0.15) is 11.3 Å². The number of hydrogen-bond acceptors (Lipinski definition) is 3. The quantitative estimate of drug-likeness (QED) is 0.802. The molecule has 0 saturated heterocycles. The molecule has 0 atom stereocenters. The van der Waals surface area contributed by atoms with E-state index in [9.17, 15) is 4.39 Å². The number of hydrogen-bond donors (Lipinski definition) is 1. The van der Waals surface area contributed by atoms with Crippen molar-refractivity contribution in [2.75, 3.05) is 5.32 Å². The summed E-state index contributed by atoms with van der Waals surface area (Å²) in [6, 6.07) is 6.48. The van der Waals surface area contributed by atoms with Crippen LogP contribution in [-0.4, -0.2) is 14.8 Å². The molecule has 0 spiro atoms. The predicted molar refractivity (Wildman–Crippen MR) is 82.0 cm³/mol. The fourth-order valence-electron chi connectivity index (χ4n) is 2.28. The molecule has 108 valence electrons. The van der Waals surface area contributed by atoms with Gasteiger partial charge in [0.05, 0.1) is 17.6 Å². The highest BCUT2D eigenvalue weighted by atomic mass is 35.5. The molecule has 0 bridgehead atoms. The number of anilines is 1. The molecule has 3 rings (SSSR count). The topological polar surface area (TPSA) is 42.7 Å². The van der Waals surface area contributed by atoms with Crippen LogP contribution in [0, 0.1) is 12.7 Å². The van der Waals surface area contributed by atoms with Gasteiger partial charge in [0, 0.05) is 29.6 Å². The molecule has 0 saturated carbocycles. The second kappa shape index (κ2) is 5.33. The number of nitrogens with zero attached hydrogens (tertiary/aromatic N) is 3. The van der Waals surface area contributed by atoms with Crippen LogP contribution in [0.3, 0.4) is 0 Å². The molecule has 0 aliphatic heterocycles. The lowest BCUT2D eigenvalue weighted by molar-refractivity contribution is 0.613. The lowest BCUT2D eigenvalue weighted by Gasteiger charge is -2.08. The van der Waals surface area contributed by atoms with Crippen LogP contribution in [0.5, 0.6) is 0 Å². The van der Waals surface area contributed by atoms with Crippen molar-refractivity contribution in [3.8, 4) is 0 Å². The summed E-state index contributed by atoms with van der Waals surface area (Å²) in [6.45, 7) is 2.28. The molecule has 2 heterocycles. The van der Waals surface area contributed by atoms with Gasteiger partial charge < -0.3 is 5.32 Å². The van der Waals surface area contributed by atoms with Gasteiger partial charge in [-0.3, -0.25) is 4.68 Å². The van der Waals surface area contributed by atoms with Crippen LogP contribution in [0.2, 0.25) is 5.02 Å². The maximum Gasteiger partial charge on any atom is 0.157 e. The maximum atomic E-state index is 13.7. The SMILES string of the molecule is Cc1nn(C)c2ncc(NCc3cc(Cl)ccc3F)cc12. The zero-order valence-corrected chi connectivity index (χ0v) is 12.4. The minimum Gasteiger partial charge on any atom is -0.380 e. The lowest BCUT2D eigenvalue weighted by Crippen LogP contribution is -2.02. The second-order valence-corrected chi connectivity index (χ2v) is 5.33. The highest BCUT2D eigenvalue weighted by molar-refractivity contribution is 6.30. The molecule has 1 N–H and O–H groups in total. The molecule has 0 fully saturated rings. The van der Waals surface area contributed by atoms with Gasteiger partial charge >= 0.3 is 0 Å². The molecule has 0 amide bonds. The van der Waals surface area contributed by atoms with E-state index in [1.54, 1.807) is 16.9 Å². The van der Waals surface area contributed by atoms with E-state index in [0.717, 1.165) is 22.4 Å². The van der Waals surface area contributed by atoms with Crippen molar-refractivity contribution in [3.63, 3.8) is 0 Å². The van der Waals surface area contributed by atoms with Gasteiger partial charge in [0.2, 0.25) is 0 Å². The smallest absolute Gasteiger partial charge is 0.157 e. The Morgan fingerprint density at radius 2 is 2.14 bits per heavy atom. The van der Waals surface area contributed by atoms with E-state index in [-0.39, 0.29) is 5.82 Å². The number of pyridine rings is 1. The Morgan fingerprint density at radius 3 is 2.95 bits per heavy atom. The van der Waals surface area contributed by atoms with Crippen LogP contribution in [0.25, 0.3) is 11.0 Å². The first-order chi connectivity index (χ1) is 10.0. The van der Waals surface area contributed by atoms with Gasteiger partial charge in [-0.1, -0.05) is 11.6 Å². The number of rotatable bonds is 3. The van der Waals surface area contributed by atoms with Gasteiger partial charge in [-0.05, 0) is 31.2 Å². The first kappa shape index (κ1) is 13.8. The Labute approximate surface area is 126 Å². The van der Waals surface area contributed by atoms with Crippen molar-refractivity contribution in [2.45, 2.75) is 13.5 Å². The summed E-state index contributed by atoms with van der Waals surface area (Å²) in [5.74, 6) is -0.279. The lowest BCUT2D eigenvalue weighted by atomic mass is 10.2. The summed E-state index contributed by atoms with van der Waals surface area (Å²) in [4.78, 5) is 4.37. The molecule has 2 aromatic heterocycles. The van der Waals surface area contributed by atoms with Crippen LogP contribution in [0.15, 0.2) is 30.5 Å². The van der Waals surface area contributed by atoms with Crippen LogP contribution in [0.4, 0.5) is 10.1 Å². The molecular formula is C15H14ClFN4. The average Bonchev–Trinajstić information content (AvgIpc) is 2.75. The third kappa shape index (κ3) is 2.69.